The molecule has 8 nitrogen and oxygen atoms in total. The van der Waals surface area contributed by atoms with Crippen molar-refractivity contribution in [3.8, 4) is 11.6 Å². The molecule has 3 rings (SSSR count). The summed E-state index contributed by atoms with van der Waals surface area (Å²) in [5, 5.41) is 11.3. The van der Waals surface area contributed by atoms with E-state index < -0.39 is 22.7 Å². The van der Waals surface area contributed by atoms with Gasteiger partial charge in [-0.3, -0.25) is 4.79 Å². The SMILES string of the molecule is Cc1nn(C)c(Oc2cccc(Cl)c2)c1/C=N/NC(=O)c1snnc1C(F)(F)F. The third kappa shape index (κ3) is 4.71. The van der Waals surface area contributed by atoms with E-state index in [2.05, 4.69) is 19.8 Å². The van der Waals surface area contributed by atoms with E-state index in [4.69, 9.17) is 16.3 Å². The number of nitrogens with zero attached hydrogens (tertiary/aromatic N) is 5. The lowest BCUT2D eigenvalue weighted by molar-refractivity contribution is -0.141. The number of hydrazone groups is 1. The Kier molecular flexibility index (Phi) is 5.84. The zero-order chi connectivity index (χ0) is 21.2. The molecule has 0 saturated carbocycles. The standard InChI is InChI=1S/C16H12ClF3N6O2S/c1-8-11(15(26(2)24-8)28-10-5-3-4-9(17)6-10)7-21-23-14(27)12-13(16(18,19)20)22-25-29-12/h3-7H,1-2H3,(H,23,27)/b21-7+. The molecule has 2 heterocycles. The minimum absolute atomic E-state index is 0.304. The number of amides is 1. The Bertz CT molecular complexity index is 1080. The second-order valence-electron chi connectivity index (χ2n) is 5.63. The predicted molar refractivity (Wildman–Crippen MR) is 99.4 cm³/mol. The Labute approximate surface area is 171 Å². The zero-order valence-corrected chi connectivity index (χ0v) is 16.4. The average molecular weight is 445 g/mol. The van der Waals surface area contributed by atoms with Crippen LogP contribution in [0.2, 0.25) is 5.02 Å². The van der Waals surface area contributed by atoms with Crippen molar-refractivity contribution in [1.82, 2.24) is 24.8 Å². The van der Waals surface area contributed by atoms with Gasteiger partial charge in [0, 0.05) is 12.1 Å². The number of carbonyl (C=O) groups is 1. The summed E-state index contributed by atoms with van der Waals surface area (Å²) in [5.41, 5.74) is 1.62. The quantitative estimate of drug-likeness (QED) is 0.477. The smallest absolute Gasteiger partial charge is 0.436 e. The Morgan fingerprint density at radius 2 is 2.17 bits per heavy atom. The first-order valence-corrected chi connectivity index (χ1v) is 9.02. The Balaban J connectivity index is 1.79. The maximum atomic E-state index is 12.8. The van der Waals surface area contributed by atoms with Gasteiger partial charge in [0.25, 0.3) is 5.91 Å². The lowest BCUT2D eigenvalue weighted by Crippen LogP contribution is -2.21. The number of hydrogen-bond donors (Lipinski definition) is 1. The molecule has 152 valence electrons. The highest BCUT2D eigenvalue weighted by Gasteiger charge is 2.39. The lowest BCUT2D eigenvalue weighted by Gasteiger charge is -2.07. The number of nitrogens with one attached hydrogen (secondary N) is 1. The molecule has 0 aliphatic carbocycles. The first-order valence-electron chi connectivity index (χ1n) is 7.86. The number of alkyl halides is 3. The van der Waals surface area contributed by atoms with E-state index in [-0.39, 0.29) is 0 Å². The van der Waals surface area contributed by atoms with Gasteiger partial charge in [-0.05, 0) is 36.7 Å². The highest BCUT2D eigenvalue weighted by molar-refractivity contribution is 7.08. The molecule has 0 atom stereocenters. The maximum absolute atomic E-state index is 12.8. The summed E-state index contributed by atoms with van der Waals surface area (Å²) in [6, 6.07) is 6.68. The Morgan fingerprint density at radius 3 is 2.86 bits per heavy atom. The molecule has 1 amide bonds. The van der Waals surface area contributed by atoms with Crippen LogP contribution in [0.3, 0.4) is 0 Å². The predicted octanol–water partition coefficient (Wildman–Crippen LogP) is 3.81. The van der Waals surface area contributed by atoms with Crippen LogP contribution in [-0.2, 0) is 13.2 Å². The van der Waals surface area contributed by atoms with E-state index in [0.29, 0.717) is 39.4 Å². The van der Waals surface area contributed by atoms with Crippen molar-refractivity contribution >= 4 is 35.3 Å². The summed E-state index contributed by atoms with van der Waals surface area (Å²) in [5.74, 6) is -0.328. The summed E-state index contributed by atoms with van der Waals surface area (Å²) in [6.07, 6.45) is -3.57. The van der Waals surface area contributed by atoms with Gasteiger partial charge in [0.1, 0.15) is 10.6 Å². The van der Waals surface area contributed by atoms with Crippen LogP contribution < -0.4 is 10.2 Å². The molecule has 0 unspecified atom stereocenters. The molecule has 3 aromatic rings. The molecule has 1 N–H and O–H groups in total. The Morgan fingerprint density at radius 1 is 1.41 bits per heavy atom. The molecular weight excluding hydrogens is 433 g/mol. The molecule has 0 aliphatic rings. The molecule has 0 radical (unpaired) electrons. The average Bonchev–Trinajstić information content (AvgIpc) is 3.22. The van der Waals surface area contributed by atoms with Crippen molar-refractivity contribution in [2.45, 2.75) is 13.1 Å². The van der Waals surface area contributed by atoms with Crippen molar-refractivity contribution in [3.05, 3.63) is 51.1 Å². The number of ether oxygens (including phenoxy) is 1. The van der Waals surface area contributed by atoms with Gasteiger partial charge in [0.15, 0.2) is 5.69 Å². The fraction of sp³-hybridized carbons (Fsp3) is 0.188. The monoisotopic (exact) mass is 444 g/mol. The molecule has 0 spiro atoms. The van der Waals surface area contributed by atoms with Crippen molar-refractivity contribution in [1.29, 1.82) is 0 Å². The number of halogens is 4. The fourth-order valence-corrected chi connectivity index (χ4v) is 3.05. The minimum atomic E-state index is -4.79. The van der Waals surface area contributed by atoms with Crippen molar-refractivity contribution in [2.24, 2.45) is 12.1 Å². The van der Waals surface area contributed by atoms with Crippen LogP contribution in [0, 0.1) is 6.92 Å². The number of aromatic nitrogens is 4. The Hall–Kier alpha value is -2.99. The van der Waals surface area contributed by atoms with E-state index in [0.717, 1.165) is 0 Å². The topological polar surface area (TPSA) is 94.3 Å². The van der Waals surface area contributed by atoms with Crippen molar-refractivity contribution < 1.29 is 22.7 Å². The molecule has 13 heteroatoms. The fourth-order valence-electron chi connectivity index (χ4n) is 2.30. The molecule has 1 aromatic carbocycles. The lowest BCUT2D eigenvalue weighted by atomic mass is 10.3. The van der Waals surface area contributed by atoms with Gasteiger partial charge in [0.05, 0.1) is 17.5 Å². The van der Waals surface area contributed by atoms with Crippen LogP contribution in [0.4, 0.5) is 13.2 Å². The normalized spacial score (nSPS) is 11.8. The van der Waals surface area contributed by atoms with Crippen LogP contribution in [0.1, 0.15) is 26.6 Å². The summed E-state index contributed by atoms with van der Waals surface area (Å²) in [7, 11) is 1.64. The van der Waals surface area contributed by atoms with Crippen molar-refractivity contribution in [2.75, 3.05) is 0 Å². The van der Waals surface area contributed by atoms with E-state index in [1.807, 2.05) is 5.43 Å². The second-order valence-corrected chi connectivity index (χ2v) is 6.83. The summed E-state index contributed by atoms with van der Waals surface area (Å²) in [6.45, 7) is 1.68. The van der Waals surface area contributed by atoms with Gasteiger partial charge in [-0.1, -0.05) is 22.2 Å². The van der Waals surface area contributed by atoms with Gasteiger partial charge in [-0.15, -0.1) is 5.10 Å². The summed E-state index contributed by atoms with van der Waals surface area (Å²) in [4.78, 5) is 11.3. The van der Waals surface area contributed by atoms with Crippen LogP contribution in [0.25, 0.3) is 0 Å². The molecule has 0 aliphatic heterocycles. The molecular formula is C16H12ClF3N6O2S. The zero-order valence-electron chi connectivity index (χ0n) is 14.9. The van der Waals surface area contributed by atoms with Gasteiger partial charge >= 0.3 is 6.18 Å². The van der Waals surface area contributed by atoms with E-state index >= 15 is 0 Å². The molecule has 0 bridgehead atoms. The number of carbonyl (C=O) groups excluding carboxylic acids is 1. The second kappa shape index (κ2) is 8.17. The van der Waals surface area contributed by atoms with Crippen LogP contribution >= 0.6 is 23.1 Å². The number of aryl methyl sites for hydroxylation is 2. The first-order chi connectivity index (χ1) is 13.7. The molecule has 29 heavy (non-hydrogen) atoms. The highest BCUT2D eigenvalue weighted by Crippen LogP contribution is 2.31. The summed E-state index contributed by atoms with van der Waals surface area (Å²) < 4.78 is 48.9. The first kappa shape index (κ1) is 20.7. The molecule has 0 fully saturated rings. The van der Waals surface area contributed by atoms with E-state index in [1.165, 1.54) is 10.9 Å². The maximum Gasteiger partial charge on any atom is 0.436 e. The van der Waals surface area contributed by atoms with E-state index in [1.54, 1.807) is 38.2 Å². The van der Waals surface area contributed by atoms with Gasteiger partial charge < -0.3 is 4.74 Å². The molecule has 2 aromatic heterocycles. The van der Waals surface area contributed by atoms with Crippen molar-refractivity contribution in [3.63, 3.8) is 0 Å². The van der Waals surface area contributed by atoms with E-state index in [9.17, 15) is 18.0 Å². The largest absolute Gasteiger partial charge is 0.439 e. The number of hydrogen-bond acceptors (Lipinski definition) is 7. The summed E-state index contributed by atoms with van der Waals surface area (Å²) >= 11 is 6.27. The molecule has 0 saturated heterocycles. The highest BCUT2D eigenvalue weighted by atomic mass is 35.5. The van der Waals surface area contributed by atoms with Crippen LogP contribution in [0.5, 0.6) is 11.6 Å². The van der Waals surface area contributed by atoms with Gasteiger partial charge in [-0.2, -0.15) is 23.4 Å². The number of rotatable bonds is 5. The third-order valence-electron chi connectivity index (χ3n) is 3.55. The van der Waals surface area contributed by atoms with Gasteiger partial charge in [0.2, 0.25) is 5.88 Å². The van der Waals surface area contributed by atoms with Gasteiger partial charge in [-0.25, -0.2) is 10.1 Å². The third-order valence-corrected chi connectivity index (χ3v) is 4.51. The number of benzene rings is 1. The van der Waals surface area contributed by atoms with Crippen LogP contribution in [-0.4, -0.2) is 31.5 Å². The minimum Gasteiger partial charge on any atom is -0.439 e. The van der Waals surface area contributed by atoms with Crippen LogP contribution in [0.15, 0.2) is 29.4 Å².